The Morgan fingerprint density at radius 1 is 1.42 bits per heavy atom. The van der Waals surface area contributed by atoms with Crippen LogP contribution >= 0.6 is 15.9 Å². The summed E-state index contributed by atoms with van der Waals surface area (Å²) in [6.07, 6.45) is -0.764. The largest absolute Gasteiger partial charge is 0.496 e. The van der Waals surface area contributed by atoms with E-state index in [0.717, 1.165) is 10.5 Å². The van der Waals surface area contributed by atoms with E-state index in [4.69, 9.17) is 9.84 Å². The van der Waals surface area contributed by atoms with Gasteiger partial charge in [0.05, 0.1) is 11.6 Å². The van der Waals surface area contributed by atoms with Crippen molar-refractivity contribution in [2.75, 3.05) is 13.7 Å². The number of hydrogen-bond donors (Lipinski definition) is 2. The van der Waals surface area contributed by atoms with E-state index in [-0.39, 0.29) is 6.54 Å². The van der Waals surface area contributed by atoms with E-state index >= 15 is 0 Å². The molecule has 7 heteroatoms. The molecule has 0 saturated heterocycles. The number of carbonyl (C=O) groups is 2. The summed E-state index contributed by atoms with van der Waals surface area (Å²) in [6.45, 7) is 0.157. The summed E-state index contributed by atoms with van der Waals surface area (Å²) in [5.74, 6) is -0.577. The average Bonchev–Trinajstić information content (AvgIpc) is 2.35. The van der Waals surface area contributed by atoms with E-state index in [0.29, 0.717) is 22.2 Å². The number of rotatable bonds is 2. The van der Waals surface area contributed by atoms with E-state index in [2.05, 4.69) is 15.9 Å². The summed E-state index contributed by atoms with van der Waals surface area (Å²) in [5, 5.41) is 18.3. The average molecular weight is 330 g/mol. The predicted molar refractivity (Wildman–Crippen MR) is 69.5 cm³/mol. The maximum Gasteiger partial charge on any atom is 0.408 e. The Morgan fingerprint density at radius 2 is 2.11 bits per heavy atom. The van der Waals surface area contributed by atoms with Gasteiger partial charge in [-0.25, -0.2) is 9.59 Å². The van der Waals surface area contributed by atoms with Crippen LogP contribution in [-0.4, -0.2) is 40.8 Å². The first-order valence-electron chi connectivity index (χ1n) is 5.54. The number of fused-ring (bicyclic) bond motifs is 1. The number of halogens is 1. The fraction of sp³-hybridized carbons (Fsp3) is 0.333. The second kappa shape index (κ2) is 5.08. The number of methoxy groups -OCH3 is 1. The van der Waals surface area contributed by atoms with Crippen molar-refractivity contribution in [1.29, 1.82) is 0 Å². The topological polar surface area (TPSA) is 87.1 Å². The van der Waals surface area contributed by atoms with Crippen LogP contribution in [-0.2, 0) is 11.2 Å². The second-order valence-corrected chi connectivity index (χ2v) is 5.01. The maximum absolute atomic E-state index is 11.3. The zero-order valence-electron chi connectivity index (χ0n) is 10.1. The van der Waals surface area contributed by atoms with Gasteiger partial charge in [0.2, 0.25) is 0 Å². The van der Waals surface area contributed by atoms with Crippen molar-refractivity contribution in [3.8, 4) is 5.75 Å². The van der Waals surface area contributed by atoms with Gasteiger partial charge in [-0.1, -0.05) is 0 Å². The van der Waals surface area contributed by atoms with Crippen molar-refractivity contribution < 1.29 is 24.5 Å². The van der Waals surface area contributed by atoms with Gasteiger partial charge in [0.25, 0.3) is 0 Å². The molecule has 0 radical (unpaired) electrons. The molecule has 19 heavy (non-hydrogen) atoms. The SMILES string of the molecule is COc1cc2c(cc1Br)C(C(=O)O)N(C(=O)O)CC2. The van der Waals surface area contributed by atoms with E-state index in [9.17, 15) is 14.7 Å². The van der Waals surface area contributed by atoms with Crippen LogP contribution in [0.4, 0.5) is 4.79 Å². The van der Waals surface area contributed by atoms with Crippen LogP contribution in [0.15, 0.2) is 16.6 Å². The second-order valence-electron chi connectivity index (χ2n) is 4.15. The molecule has 1 heterocycles. The Labute approximate surface area is 117 Å². The van der Waals surface area contributed by atoms with Gasteiger partial charge in [0, 0.05) is 6.54 Å². The highest BCUT2D eigenvalue weighted by Gasteiger charge is 2.36. The highest BCUT2D eigenvalue weighted by atomic mass is 79.9. The molecule has 6 nitrogen and oxygen atoms in total. The Morgan fingerprint density at radius 3 is 2.63 bits per heavy atom. The number of ether oxygens (including phenoxy) is 1. The molecule has 0 aromatic heterocycles. The lowest BCUT2D eigenvalue weighted by Crippen LogP contribution is -2.42. The molecule has 0 saturated carbocycles. The summed E-state index contributed by atoms with van der Waals surface area (Å²) >= 11 is 3.29. The minimum atomic E-state index is -1.23. The molecule has 1 aliphatic rings. The number of aliphatic carboxylic acids is 1. The lowest BCUT2D eigenvalue weighted by molar-refractivity contribution is -0.143. The van der Waals surface area contributed by atoms with Crippen LogP contribution in [0, 0.1) is 0 Å². The first-order valence-corrected chi connectivity index (χ1v) is 6.33. The van der Waals surface area contributed by atoms with Gasteiger partial charge in [-0.3, -0.25) is 4.90 Å². The van der Waals surface area contributed by atoms with Crippen molar-refractivity contribution in [2.45, 2.75) is 12.5 Å². The molecule has 1 atom stereocenters. The highest BCUT2D eigenvalue weighted by molar-refractivity contribution is 9.10. The predicted octanol–water partition coefficient (Wildman–Crippen LogP) is 2.12. The fourth-order valence-corrected chi connectivity index (χ4v) is 2.77. The number of carboxylic acid groups (broad SMARTS) is 2. The quantitative estimate of drug-likeness (QED) is 0.867. The van der Waals surface area contributed by atoms with Crippen LogP contribution in [0.25, 0.3) is 0 Å². The summed E-state index contributed by atoms with van der Waals surface area (Å²) < 4.78 is 5.76. The van der Waals surface area contributed by atoms with Crippen LogP contribution in [0.2, 0.25) is 0 Å². The van der Waals surface area contributed by atoms with E-state index in [1.165, 1.54) is 7.11 Å². The van der Waals surface area contributed by atoms with Crippen molar-refractivity contribution in [1.82, 2.24) is 4.90 Å². The standard InChI is InChI=1S/C12H12BrNO5/c1-19-9-4-6-2-3-14(12(17)18)10(11(15)16)7(6)5-8(9)13/h4-5,10H,2-3H2,1H3,(H,15,16)(H,17,18). The minimum Gasteiger partial charge on any atom is -0.496 e. The summed E-state index contributed by atoms with van der Waals surface area (Å²) in [4.78, 5) is 23.4. The van der Waals surface area contributed by atoms with E-state index in [1.54, 1.807) is 12.1 Å². The van der Waals surface area contributed by atoms with Gasteiger partial charge < -0.3 is 14.9 Å². The van der Waals surface area contributed by atoms with Crippen molar-refractivity contribution in [3.05, 3.63) is 27.7 Å². The molecule has 1 amide bonds. The normalized spacial score (nSPS) is 17.8. The highest BCUT2D eigenvalue weighted by Crippen LogP contribution is 2.36. The Balaban J connectivity index is 2.54. The smallest absolute Gasteiger partial charge is 0.408 e. The summed E-state index contributed by atoms with van der Waals surface area (Å²) in [7, 11) is 1.52. The molecular weight excluding hydrogens is 318 g/mol. The van der Waals surface area contributed by atoms with Crippen LogP contribution in [0.3, 0.4) is 0 Å². The number of nitrogens with zero attached hydrogens (tertiary/aromatic N) is 1. The van der Waals surface area contributed by atoms with Gasteiger partial charge in [-0.15, -0.1) is 0 Å². The molecule has 102 valence electrons. The fourth-order valence-electron chi connectivity index (χ4n) is 2.25. The third-order valence-corrected chi connectivity index (χ3v) is 3.74. The molecule has 2 N–H and O–H groups in total. The third-order valence-electron chi connectivity index (χ3n) is 3.12. The molecule has 0 bridgehead atoms. The molecule has 0 spiro atoms. The Bertz CT molecular complexity index is 545. The Kier molecular flexibility index (Phi) is 3.66. The van der Waals surface area contributed by atoms with Gasteiger partial charge in [0.1, 0.15) is 5.75 Å². The summed E-state index contributed by atoms with van der Waals surface area (Å²) in [5.41, 5.74) is 1.28. The van der Waals surface area contributed by atoms with Gasteiger partial charge in [0.15, 0.2) is 6.04 Å². The molecule has 0 aliphatic carbocycles. The van der Waals surface area contributed by atoms with Gasteiger partial charge in [-0.05, 0) is 45.6 Å². The van der Waals surface area contributed by atoms with Crippen LogP contribution in [0.5, 0.6) is 5.75 Å². The molecule has 1 aromatic rings. The lowest BCUT2D eigenvalue weighted by atomic mass is 9.92. The number of amides is 1. The monoisotopic (exact) mass is 329 g/mol. The van der Waals surface area contributed by atoms with Crippen molar-refractivity contribution in [2.24, 2.45) is 0 Å². The first-order chi connectivity index (χ1) is 8.95. The van der Waals surface area contributed by atoms with Crippen molar-refractivity contribution >= 4 is 28.0 Å². The molecule has 0 fully saturated rings. The number of benzene rings is 1. The lowest BCUT2D eigenvalue weighted by Gasteiger charge is -2.33. The van der Waals surface area contributed by atoms with Crippen LogP contribution < -0.4 is 4.74 Å². The zero-order chi connectivity index (χ0) is 14.2. The number of carboxylic acids is 1. The molecule has 1 aliphatic heterocycles. The van der Waals surface area contributed by atoms with Gasteiger partial charge in [-0.2, -0.15) is 0 Å². The van der Waals surface area contributed by atoms with E-state index in [1.807, 2.05) is 0 Å². The zero-order valence-corrected chi connectivity index (χ0v) is 11.7. The minimum absolute atomic E-state index is 0.157. The van der Waals surface area contributed by atoms with Crippen LogP contribution in [0.1, 0.15) is 17.2 Å². The first kappa shape index (κ1) is 13.7. The Hall–Kier alpha value is -1.76. The van der Waals surface area contributed by atoms with E-state index < -0.39 is 18.1 Å². The molecular formula is C12H12BrNO5. The molecule has 1 aromatic carbocycles. The molecule has 1 unspecified atom stereocenters. The number of hydrogen-bond acceptors (Lipinski definition) is 3. The maximum atomic E-state index is 11.3. The summed E-state index contributed by atoms with van der Waals surface area (Å²) in [6, 6.07) is 2.18. The van der Waals surface area contributed by atoms with Gasteiger partial charge >= 0.3 is 12.1 Å². The third kappa shape index (κ3) is 2.37. The molecule has 2 rings (SSSR count). The van der Waals surface area contributed by atoms with Crippen molar-refractivity contribution in [3.63, 3.8) is 0 Å².